The van der Waals surface area contributed by atoms with Crippen LogP contribution in [-0.2, 0) is 9.84 Å². The topological polar surface area (TPSA) is 125 Å². The van der Waals surface area contributed by atoms with E-state index in [0.717, 1.165) is 0 Å². The van der Waals surface area contributed by atoms with Crippen molar-refractivity contribution < 1.29 is 13.2 Å². The number of aromatic nitrogens is 2. The van der Waals surface area contributed by atoms with E-state index in [1.54, 1.807) is 31.2 Å². The summed E-state index contributed by atoms with van der Waals surface area (Å²) < 4.78 is 23.1. The largest absolute Gasteiger partial charge is 0.366 e. The van der Waals surface area contributed by atoms with Gasteiger partial charge in [0.2, 0.25) is 0 Å². The van der Waals surface area contributed by atoms with E-state index < -0.39 is 15.7 Å². The van der Waals surface area contributed by atoms with Crippen molar-refractivity contribution in [2.45, 2.75) is 19.4 Å². The predicted octanol–water partition coefficient (Wildman–Crippen LogP) is 1.51. The smallest absolute Gasteiger partial charge is 0.274 e. The van der Waals surface area contributed by atoms with Crippen molar-refractivity contribution in [1.82, 2.24) is 9.97 Å². The second-order valence-electron chi connectivity index (χ2n) is 6.08. The number of benzene rings is 1. The lowest BCUT2D eigenvalue weighted by atomic mass is 10.2. The summed E-state index contributed by atoms with van der Waals surface area (Å²) in [5.41, 5.74) is 1.08. The first-order valence-corrected chi connectivity index (χ1v) is 9.81. The maximum Gasteiger partial charge on any atom is 0.274 e. The molecule has 8 nitrogen and oxygen atoms in total. The number of carbonyl (C=O) groups excluding carboxylic acids is 1. The molecule has 3 rings (SSSR count). The van der Waals surface area contributed by atoms with E-state index in [1.165, 1.54) is 6.07 Å². The van der Waals surface area contributed by atoms with Gasteiger partial charge < -0.3 is 10.6 Å². The van der Waals surface area contributed by atoms with Gasteiger partial charge in [-0.25, -0.2) is 18.4 Å². The van der Waals surface area contributed by atoms with Crippen LogP contribution in [0.2, 0.25) is 0 Å². The molecule has 26 heavy (non-hydrogen) atoms. The number of anilines is 2. The zero-order chi connectivity index (χ0) is 18.7. The summed E-state index contributed by atoms with van der Waals surface area (Å²) in [6.07, 6.45) is 0.508. The SMILES string of the molecule is Cc1nc(NC2CCS(=O)(=O)C2)cc(C(=O)Nc2cccc(C#N)c2)n1. The Bertz CT molecular complexity index is 998. The highest BCUT2D eigenvalue weighted by molar-refractivity contribution is 7.91. The molecule has 1 unspecified atom stereocenters. The number of amides is 1. The van der Waals surface area contributed by atoms with Crippen LogP contribution in [0.3, 0.4) is 0 Å². The third-order valence-electron chi connectivity index (χ3n) is 3.90. The molecule has 0 saturated carbocycles. The molecule has 1 saturated heterocycles. The molecule has 2 N–H and O–H groups in total. The number of nitrogens with one attached hydrogen (secondary N) is 2. The van der Waals surface area contributed by atoms with Gasteiger partial charge in [0.25, 0.3) is 5.91 Å². The average molecular weight is 371 g/mol. The van der Waals surface area contributed by atoms with E-state index in [0.29, 0.717) is 29.3 Å². The van der Waals surface area contributed by atoms with Crippen molar-refractivity contribution in [2.24, 2.45) is 0 Å². The van der Waals surface area contributed by atoms with Crippen molar-refractivity contribution in [2.75, 3.05) is 22.1 Å². The maximum absolute atomic E-state index is 12.5. The Hall–Kier alpha value is -2.99. The number of nitrogens with zero attached hydrogens (tertiary/aromatic N) is 3. The van der Waals surface area contributed by atoms with Crippen LogP contribution >= 0.6 is 0 Å². The molecule has 0 bridgehead atoms. The summed E-state index contributed by atoms with van der Waals surface area (Å²) in [6.45, 7) is 1.66. The number of aryl methyl sites for hydroxylation is 1. The van der Waals surface area contributed by atoms with Gasteiger partial charge in [-0.1, -0.05) is 6.07 Å². The summed E-state index contributed by atoms with van der Waals surface area (Å²) in [5, 5.41) is 14.7. The molecular weight excluding hydrogens is 354 g/mol. The molecule has 0 radical (unpaired) electrons. The van der Waals surface area contributed by atoms with Gasteiger partial charge in [-0.3, -0.25) is 4.79 Å². The maximum atomic E-state index is 12.5. The molecule has 1 fully saturated rings. The molecular formula is C17H17N5O3S. The molecule has 134 valence electrons. The Balaban J connectivity index is 1.76. The molecule has 2 heterocycles. The molecule has 9 heteroatoms. The normalized spacial score (nSPS) is 18.1. The number of nitriles is 1. The van der Waals surface area contributed by atoms with E-state index >= 15 is 0 Å². The first-order valence-electron chi connectivity index (χ1n) is 7.99. The highest BCUT2D eigenvalue weighted by atomic mass is 32.2. The molecule has 1 aliphatic heterocycles. The van der Waals surface area contributed by atoms with Crippen molar-refractivity contribution in [3.8, 4) is 6.07 Å². The second-order valence-corrected chi connectivity index (χ2v) is 8.31. The fourth-order valence-electron chi connectivity index (χ4n) is 2.74. The minimum Gasteiger partial charge on any atom is -0.366 e. The van der Waals surface area contributed by atoms with E-state index in [2.05, 4.69) is 20.6 Å². The Morgan fingerprint density at radius 1 is 1.31 bits per heavy atom. The monoisotopic (exact) mass is 371 g/mol. The van der Waals surface area contributed by atoms with Crippen molar-refractivity contribution in [3.63, 3.8) is 0 Å². The van der Waals surface area contributed by atoms with Gasteiger partial charge in [0.1, 0.15) is 17.3 Å². The third kappa shape index (κ3) is 4.34. The third-order valence-corrected chi connectivity index (χ3v) is 5.67. The lowest BCUT2D eigenvalue weighted by Crippen LogP contribution is -2.22. The van der Waals surface area contributed by atoms with Gasteiger partial charge in [-0.2, -0.15) is 5.26 Å². The number of sulfone groups is 1. The van der Waals surface area contributed by atoms with Crippen LogP contribution in [0.25, 0.3) is 0 Å². The molecule has 1 atom stereocenters. The number of carbonyl (C=O) groups is 1. The van der Waals surface area contributed by atoms with E-state index in [-0.39, 0.29) is 23.2 Å². The highest BCUT2D eigenvalue weighted by Gasteiger charge is 2.28. The van der Waals surface area contributed by atoms with Gasteiger partial charge in [0, 0.05) is 17.8 Å². The van der Waals surface area contributed by atoms with Crippen LogP contribution in [-0.4, -0.2) is 41.8 Å². The summed E-state index contributed by atoms with van der Waals surface area (Å²) in [4.78, 5) is 20.8. The van der Waals surface area contributed by atoms with E-state index in [1.807, 2.05) is 6.07 Å². The van der Waals surface area contributed by atoms with Gasteiger partial charge in [0.05, 0.1) is 23.1 Å². The van der Waals surface area contributed by atoms with Gasteiger partial charge in [-0.05, 0) is 31.5 Å². The molecule has 1 aromatic carbocycles. The van der Waals surface area contributed by atoms with Gasteiger partial charge in [0.15, 0.2) is 9.84 Å². The minimum absolute atomic E-state index is 0.0541. The molecule has 1 amide bonds. The minimum atomic E-state index is -3.01. The predicted molar refractivity (Wildman–Crippen MR) is 96.6 cm³/mol. The summed E-state index contributed by atoms with van der Waals surface area (Å²) >= 11 is 0. The van der Waals surface area contributed by atoms with Crippen molar-refractivity contribution in [3.05, 3.63) is 47.4 Å². The fourth-order valence-corrected chi connectivity index (χ4v) is 4.41. The Morgan fingerprint density at radius 3 is 2.81 bits per heavy atom. The molecule has 1 aliphatic rings. The van der Waals surface area contributed by atoms with Crippen molar-refractivity contribution in [1.29, 1.82) is 5.26 Å². The van der Waals surface area contributed by atoms with Gasteiger partial charge in [-0.15, -0.1) is 0 Å². The van der Waals surface area contributed by atoms with E-state index in [4.69, 9.17) is 5.26 Å². The van der Waals surface area contributed by atoms with Crippen LogP contribution < -0.4 is 10.6 Å². The Morgan fingerprint density at radius 2 is 2.12 bits per heavy atom. The first-order chi connectivity index (χ1) is 12.3. The van der Waals surface area contributed by atoms with E-state index in [9.17, 15) is 13.2 Å². The fraction of sp³-hybridized carbons (Fsp3) is 0.294. The lowest BCUT2D eigenvalue weighted by Gasteiger charge is -2.13. The lowest BCUT2D eigenvalue weighted by molar-refractivity contribution is 0.102. The molecule has 2 aromatic rings. The van der Waals surface area contributed by atoms with Crippen LogP contribution in [0.4, 0.5) is 11.5 Å². The Labute approximate surface area is 151 Å². The molecule has 0 aliphatic carbocycles. The molecule has 1 aromatic heterocycles. The zero-order valence-electron chi connectivity index (χ0n) is 14.1. The average Bonchev–Trinajstić information content (AvgIpc) is 2.93. The van der Waals surface area contributed by atoms with Crippen LogP contribution in [0.1, 0.15) is 28.3 Å². The number of rotatable bonds is 4. The number of hydrogen-bond donors (Lipinski definition) is 2. The van der Waals surface area contributed by atoms with Crippen LogP contribution in [0.15, 0.2) is 30.3 Å². The summed E-state index contributed by atoms with van der Waals surface area (Å²) in [7, 11) is -3.01. The standard InChI is InChI=1S/C17H17N5O3S/c1-11-19-15(17(23)22-13-4-2-3-12(7-13)9-18)8-16(20-11)21-14-5-6-26(24,25)10-14/h2-4,7-8,14H,5-6,10H2,1H3,(H,22,23)(H,19,20,21). The number of hydrogen-bond acceptors (Lipinski definition) is 7. The highest BCUT2D eigenvalue weighted by Crippen LogP contribution is 2.18. The Kier molecular flexibility index (Phi) is 4.86. The van der Waals surface area contributed by atoms with Crippen molar-refractivity contribution >= 4 is 27.2 Å². The summed E-state index contributed by atoms with van der Waals surface area (Å²) in [6, 6.07) is 9.83. The summed E-state index contributed by atoms with van der Waals surface area (Å²) in [5.74, 6) is 0.575. The van der Waals surface area contributed by atoms with Gasteiger partial charge >= 0.3 is 0 Å². The quantitative estimate of drug-likeness (QED) is 0.834. The zero-order valence-corrected chi connectivity index (χ0v) is 14.9. The second kappa shape index (κ2) is 7.09. The van der Waals surface area contributed by atoms with Crippen LogP contribution in [0.5, 0.6) is 0 Å². The first kappa shape index (κ1) is 17.8. The van der Waals surface area contributed by atoms with Crippen LogP contribution in [0, 0.1) is 18.3 Å². The molecule has 0 spiro atoms.